The number of nitrogens with two attached hydrogens (primary N) is 1. The van der Waals surface area contributed by atoms with Crippen molar-refractivity contribution >= 4 is 11.6 Å². The molecular weight excluding hydrogens is 186 g/mol. The molecular formula is C10H14ClNO. The van der Waals surface area contributed by atoms with Gasteiger partial charge in [0.1, 0.15) is 0 Å². The van der Waals surface area contributed by atoms with Gasteiger partial charge in [-0.15, -0.1) is 11.6 Å². The third-order valence-corrected chi connectivity index (χ3v) is 2.20. The molecule has 3 heteroatoms. The lowest BCUT2D eigenvalue weighted by Crippen LogP contribution is -2.00. The number of hydrogen-bond acceptors (Lipinski definition) is 2. The van der Waals surface area contributed by atoms with Crippen LogP contribution < -0.4 is 5.73 Å². The molecule has 13 heavy (non-hydrogen) atoms. The van der Waals surface area contributed by atoms with Crippen LogP contribution in [0.2, 0.25) is 0 Å². The van der Waals surface area contributed by atoms with Gasteiger partial charge in [-0.3, -0.25) is 0 Å². The van der Waals surface area contributed by atoms with Gasteiger partial charge in [0.15, 0.2) is 0 Å². The van der Waals surface area contributed by atoms with Crippen LogP contribution in [0.5, 0.6) is 0 Å². The first-order chi connectivity index (χ1) is 6.27. The second-order valence-corrected chi connectivity index (χ2v) is 3.32. The van der Waals surface area contributed by atoms with E-state index in [1.807, 2.05) is 24.3 Å². The Balaban J connectivity index is 2.67. The highest BCUT2D eigenvalue weighted by Crippen LogP contribution is 2.17. The largest absolute Gasteiger partial charge is 0.388 e. The average Bonchev–Trinajstić information content (AvgIpc) is 2.18. The molecule has 0 spiro atoms. The molecule has 0 aromatic heterocycles. The SMILES string of the molecule is NCc1ccc([C@@H](O)CCCl)cc1. The summed E-state index contributed by atoms with van der Waals surface area (Å²) in [5.41, 5.74) is 7.42. The predicted molar refractivity (Wildman–Crippen MR) is 54.6 cm³/mol. The van der Waals surface area contributed by atoms with E-state index in [-0.39, 0.29) is 0 Å². The van der Waals surface area contributed by atoms with E-state index in [1.165, 1.54) is 0 Å². The number of halogens is 1. The molecule has 0 saturated carbocycles. The zero-order valence-electron chi connectivity index (χ0n) is 7.41. The van der Waals surface area contributed by atoms with Gasteiger partial charge in [0.2, 0.25) is 0 Å². The van der Waals surface area contributed by atoms with Gasteiger partial charge in [0, 0.05) is 12.4 Å². The molecule has 3 N–H and O–H groups in total. The van der Waals surface area contributed by atoms with E-state index in [2.05, 4.69) is 0 Å². The van der Waals surface area contributed by atoms with Crippen molar-refractivity contribution in [2.24, 2.45) is 5.73 Å². The third kappa shape index (κ3) is 2.99. The van der Waals surface area contributed by atoms with Crippen molar-refractivity contribution in [3.8, 4) is 0 Å². The molecule has 1 rings (SSSR count). The second-order valence-electron chi connectivity index (χ2n) is 2.94. The lowest BCUT2D eigenvalue weighted by Gasteiger charge is -2.09. The van der Waals surface area contributed by atoms with Crippen molar-refractivity contribution in [1.29, 1.82) is 0 Å². The molecule has 0 aliphatic carbocycles. The lowest BCUT2D eigenvalue weighted by molar-refractivity contribution is 0.174. The molecule has 0 heterocycles. The van der Waals surface area contributed by atoms with Gasteiger partial charge >= 0.3 is 0 Å². The van der Waals surface area contributed by atoms with E-state index in [0.717, 1.165) is 11.1 Å². The fourth-order valence-corrected chi connectivity index (χ4v) is 1.35. The molecule has 0 radical (unpaired) electrons. The maximum absolute atomic E-state index is 9.57. The summed E-state index contributed by atoms with van der Waals surface area (Å²) in [6.45, 7) is 0.534. The number of aliphatic hydroxyl groups is 1. The minimum atomic E-state index is -0.454. The van der Waals surface area contributed by atoms with Crippen LogP contribution in [0.4, 0.5) is 0 Å². The summed E-state index contributed by atoms with van der Waals surface area (Å²) in [6.07, 6.45) is 0.133. The van der Waals surface area contributed by atoms with Gasteiger partial charge in [-0.05, 0) is 17.5 Å². The van der Waals surface area contributed by atoms with Crippen LogP contribution in [-0.4, -0.2) is 11.0 Å². The quantitative estimate of drug-likeness (QED) is 0.727. The van der Waals surface area contributed by atoms with Crippen molar-refractivity contribution in [2.75, 3.05) is 5.88 Å². The highest BCUT2D eigenvalue weighted by atomic mass is 35.5. The summed E-state index contributed by atoms with van der Waals surface area (Å²) in [5, 5.41) is 9.57. The first-order valence-electron chi connectivity index (χ1n) is 4.31. The van der Waals surface area contributed by atoms with Crippen LogP contribution >= 0.6 is 11.6 Å². The van der Waals surface area contributed by atoms with Crippen molar-refractivity contribution in [3.05, 3.63) is 35.4 Å². The van der Waals surface area contributed by atoms with Gasteiger partial charge in [-0.1, -0.05) is 24.3 Å². The minimum absolute atomic E-state index is 0.454. The van der Waals surface area contributed by atoms with Crippen LogP contribution in [-0.2, 0) is 6.54 Å². The zero-order valence-corrected chi connectivity index (χ0v) is 8.17. The van der Waals surface area contributed by atoms with Gasteiger partial charge in [-0.2, -0.15) is 0 Å². The van der Waals surface area contributed by atoms with Crippen LogP contribution in [0.25, 0.3) is 0 Å². The Morgan fingerprint density at radius 3 is 2.38 bits per heavy atom. The first kappa shape index (κ1) is 10.5. The number of benzene rings is 1. The summed E-state index contributed by atoms with van der Waals surface area (Å²) in [6, 6.07) is 7.62. The van der Waals surface area contributed by atoms with E-state index in [0.29, 0.717) is 18.8 Å². The summed E-state index contributed by atoms with van der Waals surface area (Å²) < 4.78 is 0. The highest BCUT2D eigenvalue weighted by molar-refractivity contribution is 6.17. The van der Waals surface area contributed by atoms with Crippen LogP contribution in [0.15, 0.2) is 24.3 Å². The highest BCUT2D eigenvalue weighted by Gasteiger charge is 2.05. The molecule has 0 bridgehead atoms. The Labute approximate surface area is 83.3 Å². The Hall–Kier alpha value is -0.570. The van der Waals surface area contributed by atoms with Crippen LogP contribution in [0.3, 0.4) is 0 Å². The average molecular weight is 200 g/mol. The molecule has 1 atom stereocenters. The molecule has 0 aliphatic rings. The molecule has 2 nitrogen and oxygen atoms in total. The van der Waals surface area contributed by atoms with Gasteiger partial charge < -0.3 is 10.8 Å². The van der Waals surface area contributed by atoms with E-state index in [1.54, 1.807) is 0 Å². The predicted octanol–water partition coefficient (Wildman–Crippen LogP) is 1.81. The fraction of sp³-hybridized carbons (Fsp3) is 0.400. The normalized spacial score (nSPS) is 12.8. The van der Waals surface area contributed by atoms with E-state index >= 15 is 0 Å². The van der Waals surface area contributed by atoms with Gasteiger partial charge in [-0.25, -0.2) is 0 Å². The maximum atomic E-state index is 9.57. The van der Waals surface area contributed by atoms with Gasteiger partial charge in [0.25, 0.3) is 0 Å². The Kier molecular flexibility index (Phi) is 4.22. The molecule has 1 aromatic rings. The monoisotopic (exact) mass is 199 g/mol. The Bertz CT molecular complexity index is 248. The smallest absolute Gasteiger partial charge is 0.0801 e. The minimum Gasteiger partial charge on any atom is -0.388 e. The van der Waals surface area contributed by atoms with Crippen LogP contribution in [0, 0.1) is 0 Å². The standard InChI is InChI=1S/C10H14ClNO/c11-6-5-10(13)9-3-1-8(7-12)2-4-9/h1-4,10,13H,5-7,12H2/t10-/m0/s1. The third-order valence-electron chi connectivity index (χ3n) is 1.98. The fourth-order valence-electron chi connectivity index (χ4n) is 1.15. The summed E-state index contributed by atoms with van der Waals surface area (Å²) in [5.74, 6) is 0.472. The molecule has 0 aliphatic heterocycles. The summed E-state index contributed by atoms with van der Waals surface area (Å²) in [7, 11) is 0. The lowest BCUT2D eigenvalue weighted by atomic mass is 10.1. The summed E-state index contributed by atoms with van der Waals surface area (Å²) >= 11 is 5.52. The van der Waals surface area contributed by atoms with E-state index in [4.69, 9.17) is 17.3 Å². The van der Waals surface area contributed by atoms with Crippen molar-refractivity contribution < 1.29 is 5.11 Å². The molecule has 0 saturated heterocycles. The second kappa shape index (κ2) is 5.22. The zero-order chi connectivity index (χ0) is 9.68. The van der Waals surface area contributed by atoms with E-state index < -0.39 is 6.10 Å². The van der Waals surface area contributed by atoms with Crippen molar-refractivity contribution in [3.63, 3.8) is 0 Å². The molecule has 0 unspecified atom stereocenters. The molecule has 1 aromatic carbocycles. The molecule has 0 amide bonds. The Morgan fingerprint density at radius 2 is 1.92 bits per heavy atom. The Morgan fingerprint density at radius 1 is 1.31 bits per heavy atom. The van der Waals surface area contributed by atoms with Crippen molar-refractivity contribution in [2.45, 2.75) is 19.1 Å². The number of alkyl halides is 1. The van der Waals surface area contributed by atoms with Crippen molar-refractivity contribution in [1.82, 2.24) is 0 Å². The summed E-state index contributed by atoms with van der Waals surface area (Å²) in [4.78, 5) is 0. The first-order valence-corrected chi connectivity index (χ1v) is 4.84. The van der Waals surface area contributed by atoms with Gasteiger partial charge in [0.05, 0.1) is 6.10 Å². The topological polar surface area (TPSA) is 46.2 Å². The number of aliphatic hydroxyl groups excluding tert-OH is 1. The molecule has 0 fully saturated rings. The molecule has 72 valence electrons. The van der Waals surface area contributed by atoms with E-state index in [9.17, 15) is 5.11 Å². The van der Waals surface area contributed by atoms with Crippen LogP contribution in [0.1, 0.15) is 23.7 Å². The maximum Gasteiger partial charge on any atom is 0.0801 e. The number of rotatable bonds is 4. The number of hydrogen-bond donors (Lipinski definition) is 2.